The fourth-order valence-electron chi connectivity index (χ4n) is 1.88. The number of hydrogen-bond acceptors (Lipinski definition) is 2. The lowest BCUT2D eigenvalue weighted by atomic mass is 9.84. The summed E-state index contributed by atoms with van der Waals surface area (Å²) in [6.45, 7) is 1.20. The Hall–Kier alpha value is -0.640. The highest BCUT2D eigenvalue weighted by atomic mass is 35.5. The van der Waals surface area contributed by atoms with Crippen LogP contribution in [0.4, 0.5) is 4.39 Å². The van der Waals surface area contributed by atoms with Gasteiger partial charge in [0.2, 0.25) is 0 Å². The highest BCUT2D eigenvalue weighted by molar-refractivity contribution is 6.31. The number of ether oxygens (including phenoxy) is 1. The fourth-order valence-corrected chi connectivity index (χ4v) is 2.19. The van der Waals surface area contributed by atoms with E-state index >= 15 is 0 Å². The number of nitrogens with two attached hydrogens (primary N) is 1. The second kappa shape index (κ2) is 4.08. The summed E-state index contributed by atoms with van der Waals surface area (Å²) < 4.78 is 18.4. The summed E-state index contributed by atoms with van der Waals surface area (Å²) in [7, 11) is 0. The molecule has 2 nitrogen and oxygen atoms in total. The molecule has 0 spiro atoms. The zero-order chi connectivity index (χ0) is 10.9. The van der Waals surface area contributed by atoms with Gasteiger partial charge in [0.15, 0.2) is 0 Å². The quantitative estimate of drug-likeness (QED) is 0.803. The Labute approximate surface area is 93.2 Å². The second-order valence-corrected chi connectivity index (χ2v) is 4.30. The van der Waals surface area contributed by atoms with Crippen LogP contribution in [0.5, 0.6) is 0 Å². The van der Waals surface area contributed by atoms with Crippen LogP contribution in [0.1, 0.15) is 18.4 Å². The first-order chi connectivity index (χ1) is 7.12. The van der Waals surface area contributed by atoms with Crippen LogP contribution in [0.25, 0.3) is 0 Å². The summed E-state index contributed by atoms with van der Waals surface area (Å²) in [4.78, 5) is 0. The molecule has 1 aromatic rings. The van der Waals surface area contributed by atoms with Crippen LogP contribution in [0.2, 0.25) is 5.02 Å². The molecule has 15 heavy (non-hydrogen) atoms. The van der Waals surface area contributed by atoms with Crippen molar-refractivity contribution in [3.63, 3.8) is 0 Å². The van der Waals surface area contributed by atoms with Crippen molar-refractivity contribution in [2.75, 3.05) is 13.2 Å². The molecule has 2 rings (SSSR count). The highest BCUT2D eigenvalue weighted by Crippen LogP contribution is 2.34. The van der Waals surface area contributed by atoms with E-state index in [1.54, 1.807) is 6.07 Å². The van der Waals surface area contributed by atoms with Crippen LogP contribution in [-0.2, 0) is 10.3 Å². The van der Waals surface area contributed by atoms with Crippen molar-refractivity contribution in [1.82, 2.24) is 0 Å². The van der Waals surface area contributed by atoms with Crippen molar-refractivity contribution in [3.8, 4) is 0 Å². The minimum atomic E-state index is -0.544. The third-order valence-corrected chi connectivity index (χ3v) is 3.18. The van der Waals surface area contributed by atoms with Crippen molar-refractivity contribution in [2.24, 2.45) is 5.73 Å². The molecule has 0 amide bonds. The molecule has 2 N–H and O–H groups in total. The molecule has 1 aromatic carbocycles. The van der Waals surface area contributed by atoms with Gasteiger partial charge in [-0.15, -0.1) is 0 Å². The summed E-state index contributed by atoms with van der Waals surface area (Å²) in [6, 6.07) is 4.32. The predicted molar refractivity (Wildman–Crippen MR) is 57.3 cm³/mol. The topological polar surface area (TPSA) is 35.2 Å². The lowest BCUT2D eigenvalue weighted by Crippen LogP contribution is -2.42. The van der Waals surface area contributed by atoms with Crippen molar-refractivity contribution in [1.29, 1.82) is 0 Å². The van der Waals surface area contributed by atoms with Crippen LogP contribution in [0.15, 0.2) is 18.2 Å². The summed E-state index contributed by atoms with van der Waals surface area (Å²) in [5.74, 6) is -0.300. The van der Waals surface area contributed by atoms with Crippen LogP contribution < -0.4 is 5.73 Å². The van der Waals surface area contributed by atoms with Gasteiger partial charge in [0, 0.05) is 23.8 Å². The van der Waals surface area contributed by atoms with E-state index in [9.17, 15) is 4.39 Å². The number of halogens is 2. The minimum Gasteiger partial charge on any atom is -0.381 e. The molecule has 1 heterocycles. The van der Waals surface area contributed by atoms with E-state index in [1.807, 2.05) is 0 Å². The first kappa shape index (κ1) is 10.9. The third kappa shape index (κ3) is 2.14. The molecule has 4 heteroatoms. The van der Waals surface area contributed by atoms with E-state index in [4.69, 9.17) is 22.1 Å². The van der Waals surface area contributed by atoms with E-state index in [2.05, 4.69) is 0 Å². The van der Waals surface area contributed by atoms with Gasteiger partial charge in [-0.3, -0.25) is 0 Å². The van der Waals surface area contributed by atoms with Crippen molar-refractivity contribution >= 4 is 11.6 Å². The van der Waals surface area contributed by atoms with E-state index in [0.29, 0.717) is 36.6 Å². The molecule has 1 aliphatic heterocycles. The van der Waals surface area contributed by atoms with E-state index in [-0.39, 0.29) is 5.82 Å². The smallest absolute Gasteiger partial charge is 0.123 e. The normalized spacial score (nSPS) is 20.2. The van der Waals surface area contributed by atoms with Gasteiger partial charge in [-0.25, -0.2) is 4.39 Å². The maximum Gasteiger partial charge on any atom is 0.123 e. The van der Waals surface area contributed by atoms with Crippen LogP contribution in [-0.4, -0.2) is 13.2 Å². The minimum absolute atomic E-state index is 0.300. The predicted octanol–water partition coefficient (Wildman–Crippen LogP) is 2.44. The summed E-state index contributed by atoms with van der Waals surface area (Å²) >= 11 is 6.03. The average molecular weight is 230 g/mol. The SMILES string of the molecule is NC1(c2cc(F)ccc2Cl)CCOCC1. The molecule has 0 bridgehead atoms. The molecule has 0 atom stereocenters. The molecule has 0 aliphatic carbocycles. The zero-order valence-electron chi connectivity index (χ0n) is 8.30. The van der Waals surface area contributed by atoms with Crippen LogP contribution in [0, 0.1) is 5.82 Å². The van der Waals surface area contributed by atoms with Crippen LogP contribution in [0.3, 0.4) is 0 Å². The fraction of sp³-hybridized carbons (Fsp3) is 0.455. The first-order valence-corrected chi connectivity index (χ1v) is 5.32. The zero-order valence-corrected chi connectivity index (χ0v) is 9.06. The molecule has 0 radical (unpaired) electrons. The van der Waals surface area contributed by atoms with Crippen molar-refractivity contribution < 1.29 is 9.13 Å². The number of benzene rings is 1. The number of hydrogen-bond donors (Lipinski definition) is 1. The Morgan fingerprint density at radius 1 is 1.33 bits per heavy atom. The molecule has 0 saturated carbocycles. The van der Waals surface area contributed by atoms with Gasteiger partial charge in [0.25, 0.3) is 0 Å². The van der Waals surface area contributed by atoms with E-state index in [1.165, 1.54) is 12.1 Å². The largest absolute Gasteiger partial charge is 0.381 e. The summed E-state index contributed by atoms with van der Waals surface area (Å²) in [5.41, 5.74) is 6.36. The molecule has 0 aromatic heterocycles. The van der Waals surface area contributed by atoms with Gasteiger partial charge in [-0.2, -0.15) is 0 Å². The molecular formula is C11H13ClFNO. The highest BCUT2D eigenvalue weighted by Gasteiger charge is 2.32. The average Bonchev–Trinajstić information content (AvgIpc) is 2.23. The Morgan fingerprint density at radius 3 is 2.67 bits per heavy atom. The van der Waals surface area contributed by atoms with Crippen LogP contribution >= 0.6 is 11.6 Å². The number of rotatable bonds is 1. The maximum absolute atomic E-state index is 13.1. The Kier molecular flexibility index (Phi) is 2.96. The van der Waals surface area contributed by atoms with E-state index in [0.717, 1.165) is 0 Å². The lowest BCUT2D eigenvalue weighted by Gasteiger charge is -2.34. The lowest BCUT2D eigenvalue weighted by molar-refractivity contribution is 0.0522. The standard InChI is InChI=1S/C11H13ClFNO/c12-10-2-1-8(13)7-9(10)11(14)3-5-15-6-4-11/h1-2,7H,3-6,14H2. The molecule has 1 saturated heterocycles. The molecule has 1 aliphatic rings. The first-order valence-electron chi connectivity index (χ1n) is 4.94. The van der Waals surface area contributed by atoms with Gasteiger partial charge in [0.05, 0.1) is 0 Å². The Morgan fingerprint density at radius 2 is 2.00 bits per heavy atom. The second-order valence-electron chi connectivity index (χ2n) is 3.89. The Balaban J connectivity index is 2.38. The molecule has 82 valence electrons. The van der Waals surface area contributed by atoms with Gasteiger partial charge < -0.3 is 10.5 Å². The maximum atomic E-state index is 13.1. The molecule has 0 unspecified atom stereocenters. The summed E-state index contributed by atoms with van der Waals surface area (Å²) in [5, 5.41) is 0.529. The van der Waals surface area contributed by atoms with Crippen molar-refractivity contribution in [3.05, 3.63) is 34.6 Å². The van der Waals surface area contributed by atoms with Gasteiger partial charge in [-0.05, 0) is 36.6 Å². The van der Waals surface area contributed by atoms with E-state index < -0.39 is 5.54 Å². The van der Waals surface area contributed by atoms with Gasteiger partial charge >= 0.3 is 0 Å². The van der Waals surface area contributed by atoms with Gasteiger partial charge in [-0.1, -0.05) is 11.6 Å². The van der Waals surface area contributed by atoms with Gasteiger partial charge in [0.1, 0.15) is 5.82 Å². The Bertz CT molecular complexity index is 364. The molecule has 1 fully saturated rings. The monoisotopic (exact) mass is 229 g/mol. The summed E-state index contributed by atoms with van der Waals surface area (Å²) in [6.07, 6.45) is 1.35. The molecular weight excluding hydrogens is 217 g/mol. The van der Waals surface area contributed by atoms with Crippen molar-refractivity contribution in [2.45, 2.75) is 18.4 Å². The third-order valence-electron chi connectivity index (χ3n) is 2.85.